The summed E-state index contributed by atoms with van der Waals surface area (Å²) >= 11 is 0. The molecule has 0 saturated carbocycles. The molecule has 0 bridgehead atoms. The summed E-state index contributed by atoms with van der Waals surface area (Å²) in [7, 11) is 1.59. The molecular formula is C14H21N3O3. The van der Waals surface area contributed by atoms with E-state index in [0.717, 1.165) is 0 Å². The first-order valence-electron chi connectivity index (χ1n) is 6.59. The third-order valence-electron chi connectivity index (χ3n) is 2.62. The lowest BCUT2D eigenvalue weighted by atomic mass is 10.2. The zero-order chi connectivity index (χ0) is 14.8. The van der Waals surface area contributed by atoms with Crippen molar-refractivity contribution in [3.63, 3.8) is 0 Å². The number of anilines is 1. The Kier molecular flexibility index (Phi) is 7.13. The fourth-order valence-electron chi connectivity index (χ4n) is 1.51. The van der Waals surface area contributed by atoms with E-state index in [4.69, 9.17) is 10.5 Å². The molecule has 6 heteroatoms. The molecule has 1 rings (SSSR count). The predicted octanol–water partition coefficient (Wildman–Crippen LogP) is 0.879. The number of benzene rings is 1. The van der Waals surface area contributed by atoms with Crippen LogP contribution in [0, 0.1) is 0 Å². The second-order valence-corrected chi connectivity index (χ2v) is 4.24. The standard InChI is InChI=1S/C14H21N3O3/c1-16-13(18)8-10-20-12-6-4-11(5-7-12)17-14(19)3-2-9-15/h4-7H,2-3,8-10,15H2,1H3,(H,16,18)(H,17,19). The summed E-state index contributed by atoms with van der Waals surface area (Å²) in [6.45, 7) is 0.827. The molecule has 4 N–H and O–H groups in total. The highest BCUT2D eigenvalue weighted by Gasteiger charge is 2.02. The topological polar surface area (TPSA) is 93.5 Å². The summed E-state index contributed by atoms with van der Waals surface area (Å²) in [5.74, 6) is 0.548. The molecule has 0 saturated heterocycles. The van der Waals surface area contributed by atoms with Gasteiger partial charge in [-0.05, 0) is 37.2 Å². The van der Waals surface area contributed by atoms with Crippen molar-refractivity contribution in [3.8, 4) is 5.75 Å². The second-order valence-electron chi connectivity index (χ2n) is 4.24. The van der Waals surface area contributed by atoms with Gasteiger partial charge in [-0.25, -0.2) is 0 Å². The largest absolute Gasteiger partial charge is 0.493 e. The van der Waals surface area contributed by atoms with E-state index < -0.39 is 0 Å². The van der Waals surface area contributed by atoms with Crippen LogP contribution in [0.3, 0.4) is 0 Å². The summed E-state index contributed by atoms with van der Waals surface area (Å²) in [4.78, 5) is 22.5. The van der Waals surface area contributed by atoms with Crippen molar-refractivity contribution in [2.24, 2.45) is 5.73 Å². The van der Waals surface area contributed by atoms with Gasteiger partial charge in [-0.1, -0.05) is 0 Å². The fourth-order valence-corrected chi connectivity index (χ4v) is 1.51. The summed E-state index contributed by atoms with van der Waals surface area (Å²) < 4.78 is 5.41. The SMILES string of the molecule is CNC(=O)CCOc1ccc(NC(=O)CCCN)cc1. The molecule has 0 aliphatic carbocycles. The Balaban J connectivity index is 2.36. The van der Waals surface area contributed by atoms with Crippen LogP contribution in [0.2, 0.25) is 0 Å². The van der Waals surface area contributed by atoms with Crippen molar-refractivity contribution in [1.29, 1.82) is 0 Å². The van der Waals surface area contributed by atoms with Crippen molar-refractivity contribution in [2.75, 3.05) is 25.5 Å². The quantitative estimate of drug-likeness (QED) is 0.658. The number of ether oxygens (including phenoxy) is 1. The number of carbonyl (C=O) groups excluding carboxylic acids is 2. The molecule has 0 unspecified atom stereocenters. The lowest BCUT2D eigenvalue weighted by Crippen LogP contribution is -2.20. The minimum absolute atomic E-state index is 0.0521. The molecule has 0 aliphatic heterocycles. The van der Waals surface area contributed by atoms with Gasteiger partial charge in [0.2, 0.25) is 11.8 Å². The molecular weight excluding hydrogens is 258 g/mol. The number of rotatable bonds is 8. The highest BCUT2D eigenvalue weighted by atomic mass is 16.5. The summed E-state index contributed by atoms with van der Waals surface area (Å²) in [6.07, 6.45) is 1.40. The molecule has 0 aliphatic rings. The molecule has 2 amide bonds. The first-order chi connectivity index (χ1) is 9.65. The summed E-state index contributed by atoms with van der Waals surface area (Å²) in [5.41, 5.74) is 6.06. The fraction of sp³-hybridized carbons (Fsp3) is 0.429. The van der Waals surface area contributed by atoms with E-state index in [-0.39, 0.29) is 11.8 Å². The van der Waals surface area contributed by atoms with Crippen LogP contribution in [0.15, 0.2) is 24.3 Å². The Bertz CT molecular complexity index is 432. The minimum atomic E-state index is -0.0613. The van der Waals surface area contributed by atoms with Crippen LogP contribution < -0.4 is 21.1 Å². The molecule has 0 radical (unpaired) electrons. The Labute approximate surface area is 118 Å². The summed E-state index contributed by atoms with van der Waals surface area (Å²) in [5, 5.41) is 5.30. The molecule has 20 heavy (non-hydrogen) atoms. The Morgan fingerprint density at radius 3 is 2.45 bits per heavy atom. The van der Waals surface area contributed by atoms with Gasteiger partial charge >= 0.3 is 0 Å². The van der Waals surface area contributed by atoms with Crippen LogP contribution in [0.25, 0.3) is 0 Å². The van der Waals surface area contributed by atoms with Crippen LogP contribution in [0.5, 0.6) is 5.75 Å². The van der Waals surface area contributed by atoms with Crippen LogP contribution in [-0.2, 0) is 9.59 Å². The van der Waals surface area contributed by atoms with E-state index in [1.165, 1.54) is 0 Å². The number of hydrogen-bond acceptors (Lipinski definition) is 4. The maximum atomic E-state index is 11.5. The van der Waals surface area contributed by atoms with Crippen molar-refractivity contribution < 1.29 is 14.3 Å². The van der Waals surface area contributed by atoms with Gasteiger partial charge in [-0.3, -0.25) is 9.59 Å². The number of carbonyl (C=O) groups is 2. The van der Waals surface area contributed by atoms with Gasteiger partial charge in [-0.2, -0.15) is 0 Å². The number of nitrogens with two attached hydrogens (primary N) is 1. The molecule has 0 atom stereocenters. The normalized spacial score (nSPS) is 9.90. The number of amides is 2. The van der Waals surface area contributed by atoms with Crippen molar-refractivity contribution in [2.45, 2.75) is 19.3 Å². The zero-order valence-corrected chi connectivity index (χ0v) is 11.6. The molecule has 0 fully saturated rings. The molecule has 6 nitrogen and oxygen atoms in total. The van der Waals surface area contributed by atoms with Crippen LogP contribution in [-0.4, -0.2) is 32.0 Å². The Morgan fingerprint density at radius 2 is 1.85 bits per heavy atom. The summed E-state index contributed by atoms with van der Waals surface area (Å²) in [6, 6.07) is 7.02. The highest BCUT2D eigenvalue weighted by Crippen LogP contribution is 2.16. The van der Waals surface area contributed by atoms with Gasteiger partial charge in [0.05, 0.1) is 13.0 Å². The van der Waals surface area contributed by atoms with E-state index in [9.17, 15) is 9.59 Å². The molecule has 0 spiro atoms. The van der Waals surface area contributed by atoms with E-state index >= 15 is 0 Å². The molecule has 1 aromatic rings. The van der Waals surface area contributed by atoms with Gasteiger partial charge in [0.1, 0.15) is 5.75 Å². The van der Waals surface area contributed by atoms with Gasteiger partial charge in [0, 0.05) is 19.2 Å². The average Bonchev–Trinajstić information content (AvgIpc) is 2.46. The first-order valence-corrected chi connectivity index (χ1v) is 6.59. The Hall–Kier alpha value is -2.08. The molecule has 0 heterocycles. The first kappa shape index (κ1) is 16.0. The Morgan fingerprint density at radius 1 is 1.15 bits per heavy atom. The van der Waals surface area contributed by atoms with Crippen molar-refractivity contribution in [1.82, 2.24) is 5.32 Å². The van der Waals surface area contributed by atoms with E-state index in [0.29, 0.717) is 43.9 Å². The van der Waals surface area contributed by atoms with Gasteiger partial charge in [0.15, 0.2) is 0 Å². The third kappa shape index (κ3) is 6.19. The van der Waals surface area contributed by atoms with Gasteiger partial charge < -0.3 is 21.1 Å². The van der Waals surface area contributed by atoms with Gasteiger partial charge in [-0.15, -0.1) is 0 Å². The lowest BCUT2D eigenvalue weighted by molar-refractivity contribution is -0.121. The molecule has 1 aromatic carbocycles. The van der Waals surface area contributed by atoms with E-state index in [1.54, 1.807) is 31.3 Å². The zero-order valence-electron chi connectivity index (χ0n) is 11.6. The van der Waals surface area contributed by atoms with E-state index in [1.807, 2.05) is 0 Å². The molecule has 110 valence electrons. The van der Waals surface area contributed by atoms with Crippen LogP contribution >= 0.6 is 0 Å². The average molecular weight is 279 g/mol. The monoisotopic (exact) mass is 279 g/mol. The van der Waals surface area contributed by atoms with Crippen LogP contribution in [0.1, 0.15) is 19.3 Å². The predicted molar refractivity (Wildman–Crippen MR) is 77.5 cm³/mol. The van der Waals surface area contributed by atoms with Crippen molar-refractivity contribution in [3.05, 3.63) is 24.3 Å². The number of nitrogens with one attached hydrogen (secondary N) is 2. The van der Waals surface area contributed by atoms with E-state index in [2.05, 4.69) is 10.6 Å². The van der Waals surface area contributed by atoms with Gasteiger partial charge in [0.25, 0.3) is 0 Å². The number of hydrogen-bond donors (Lipinski definition) is 3. The maximum Gasteiger partial charge on any atom is 0.224 e. The highest BCUT2D eigenvalue weighted by molar-refractivity contribution is 5.90. The second kappa shape index (κ2) is 8.92. The molecule has 0 aromatic heterocycles. The minimum Gasteiger partial charge on any atom is -0.493 e. The third-order valence-corrected chi connectivity index (χ3v) is 2.62. The maximum absolute atomic E-state index is 11.5. The van der Waals surface area contributed by atoms with Crippen LogP contribution in [0.4, 0.5) is 5.69 Å². The lowest BCUT2D eigenvalue weighted by Gasteiger charge is -2.08. The smallest absolute Gasteiger partial charge is 0.224 e. The van der Waals surface area contributed by atoms with Crippen molar-refractivity contribution >= 4 is 17.5 Å².